The molecule has 0 bridgehead atoms. The van der Waals surface area contributed by atoms with Gasteiger partial charge in [0.05, 0.1) is 18.8 Å². The van der Waals surface area contributed by atoms with Gasteiger partial charge in [-0.2, -0.15) is 18.2 Å². The molecular formula is C23H19BrF3N5O2. The van der Waals surface area contributed by atoms with E-state index in [4.69, 9.17) is 9.26 Å². The van der Waals surface area contributed by atoms with Gasteiger partial charge in [0.2, 0.25) is 5.82 Å². The Bertz CT molecular complexity index is 1310. The fourth-order valence-corrected chi connectivity index (χ4v) is 4.21. The Kier molecular flexibility index (Phi) is 5.90. The summed E-state index contributed by atoms with van der Waals surface area (Å²) in [5.41, 5.74) is 2.08. The minimum Gasteiger partial charge on any atom is -0.378 e. The number of aryl methyl sites for hydroxylation is 1. The van der Waals surface area contributed by atoms with Crippen molar-refractivity contribution < 1.29 is 22.4 Å². The molecule has 0 spiro atoms. The standard InChI is InChI=1S/C23H19BrF3N5O2/c1-31-13-19(23(25,26)27)28-21(31)15-4-2-14(3-5-15)20-29-22(34-30-20)17-12-16(24)6-7-18(17)32-8-10-33-11-9-32/h2-7,12-13H,8-11H2,1H3. The third-order valence-corrected chi connectivity index (χ3v) is 6.03. The molecule has 0 aliphatic carbocycles. The normalized spacial score (nSPS) is 14.6. The highest BCUT2D eigenvalue weighted by atomic mass is 79.9. The van der Waals surface area contributed by atoms with Gasteiger partial charge < -0.3 is 18.7 Å². The van der Waals surface area contributed by atoms with Crippen molar-refractivity contribution in [2.75, 3.05) is 31.2 Å². The highest BCUT2D eigenvalue weighted by Crippen LogP contribution is 2.35. The summed E-state index contributed by atoms with van der Waals surface area (Å²) in [6.45, 7) is 2.83. The van der Waals surface area contributed by atoms with Gasteiger partial charge in [-0.3, -0.25) is 0 Å². The molecule has 0 amide bonds. The highest BCUT2D eigenvalue weighted by molar-refractivity contribution is 9.10. The minimum atomic E-state index is -4.50. The summed E-state index contributed by atoms with van der Waals surface area (Å²) in [6, 6.07) is 12.7. The lowest BCUT2D eigenvalue weighted by molar-refractivity contribution is -0.140. The number of aromatic nitrogens is 4. The summed E-state index contributed by atoms with van der Waals surface area (Å²) in [6.07, 6.45) is -3.53. The first-order valence-electron chi connectivity index (χ1n) is 10.5. The first-order chi connectivity index (χ1) is 16.3. The second-order valence-electron chi connectivity index (χ2n) is 7.82. The molecule has 1 aliphatic heterocycles. The smallest absolute Gasteiger partial charge is 0.378 e. The Morgan fingerprint density at radius 3 is 2.35 bits per heavy atom. The van der Waals surface area contributed by atoms with E-state index in [-0.39, 0.29) is 5.82 Å². The Balaban J connectivity index is 1.43. The van der Waals surface area contributed by atoms with Crippen LogP contribution in [0.4, 0.5) is 18.9 Å². The zero-order valence-corrected chi connectivity index (χ0v) is 19.6. The van der Waals surface area contributed by atoms with Gasteiger partial charge in [-0.1, -0.05) is 45.4 Å². The van der Waals surface area contributed by atoms with Crippen LogP contribution in [-0.2, 0) is 18.0 Å². The molecule has 1 fully saturated rings. The van der Waals surface area contributed by atoms with E-state index in [0.717, 1.165) is 35.0 Å². The van der Waals surface area contributed by atoms with Crippen molar-refractivity contribution in [2.24, 2.45) is 7.05 Å². The van der Waals surface area contributed by atoms with Crippen LogP contribution < -0.4 is 4.90 Å². The van der Waals surface area contributed by atoms with E-state index >= 15 is 0 Å². The van der Waals surface area contributed by atoms with Gasteiger partial charge >= 0.3 is 6.18 Å². The number of halogens is 4. The average Bonchev–Trinajstić information content (AvgIpc) is 3.47. The maximum atomic E-state index is 13.0. The predicted octanol–water partition coefficient (Wildman–Crippen LogP) is 5.42. The molecule has 2 aromatic carbocycles. The summed E-state index contributed by atoms with van der Waals surface area (Å²) < 4.78 is 52.2. The number of ether oxygens (including phenoxy) is 1. The Labute approximate surface area is 201 Å². The third-order valence-electron chi connectivity index (χ3n) is 5.53. The highest BCUT2D eigenvalue weighted by Gasteiger charge is 2.34. The molecule has 0 N–H and O–H groups in total. The van der Waals surface area contributed by atoms with E-state index in [2.05, 4.69) is 36.0 Å². The number of rotatable bonds is 4. The van der Waals surface area contributed by atoms with Gasteiger partial charge in [-0.15, -0.1) is 0 Å². The largest absolute Gasteiger partial charge is 0.434 e. The predicted molar refractivity (Wildman–Crippen MR) is 123 cm³/mol. The van der Waals surface area contributed by atoms with Crippen LogP contribution in [0.2, 0.25) is 0 Å². The SMILES string of the molecule is Cn1cc(C(F)(F)F)nc1-c1ccc(-c2noc(-c3cc(Br)ccc3N3CCOCC3)n2)cc1. The maximum absolute atomic E-state index is 13.0. The molecule has 3 heterocycles. The third kappa shape index (κ3) is 4.45. The molecule has 1 aliphatic rings. The van der Waals surface area contributed by atoms with E-state index in [0.29, 0.717) is 36.1 Å². The average molecular weight is 534 g/mol. The van der Waals surface area contributed by atoms with E-state index < -0.39 is 11.9 Å². The van der Waals surface area contributed by atoms with Crippen LogP contribution in [-0.4, -0.2) is 46.0 Å². The van der Waals surface area contributed by atoms with Crippen molar-refractivity contribution in [3.8, 4) is 34.2 Å². The number of anilines is 1. The zero-order chi connectivity index (χ0) is 23.9. The molecule has 0 saturated carbocycles. The van der Waals surface area contributed by atoms with Crippen molar-refractivity contribution in [1.82, 2.24) is 19.7 Å². The molecule has 5 rings (SSSR count). The van der Waals surface area contributed by atoms with E-state index in [1.54, 1.807) is 24.3 Å². The minimum absolute atomic E-state index is 0.219. The molecule has 0 unspecified atom stereocenters. The second-order valence-corrected chi connectivity index (χ2v) is 8.74. The number of imidazole rings is 1. The van der Waals surface area contributed by atoms with E-state index in [1.165, 1.54) is 11.6 Å². The number of nitrogens with zero attached hydrogens (tertiary/aromatic N) is 5. The number of benzene rings is 2. The summed E-state index contributed by atoms with van der Waals surface area (Å²) in [5, 5.41) is 4.12. The lowest BCUT2D eigenvalue weighted by Crippen LogP contribution is -2.36. The first kappa shape index (κ1) is 22.6. The van der Waals surface area contributed by atoms with Crippen LogP contribution in [0, 0.1) is 0 Å². The van der Waals surface area contributed by atoms with Gasteiger partial charge in [-0.05, 0) is 18.2 Å². The monoisotopic (exact) mass is 533 g/mol. The molecule has 0 atom stereocenters. The maximum Gasteiger partial charge on any atom is 0.434 e. The van der Waals surface area contributed by atoms with Gasteiger partial charge in [0.25, 0.3) is 5.89 Å². The van der Waals surface area contributed by atoms with Gasteiger partial charge in [0, 0.05) is 47.6 Å². The van der Waals surface area contributed by atoms with E-state index in [9.17, 15) is 13.2 Å². The molecule has 4 aromatic rings. The zero-order valence-electron chi connectivity index (χ0n) is 18.0. The van der Waals surface area contributed by atoms with Crippen molar-refractivity contribution in [3.63, 3.8) is 0 Å². The Morgan fingerprint density at radius 1 is 0.971 bits per heavy atom. The summed E-state index contributed by atoms with van der Waals surface area (Å²) >= 11 is 3.51. The first-order valence-corrected chi connectivity index (χ1v) is 11.3. The van der Waals surface area contributed by atoms with Crippen molar-refractivity contribution in [1.29, 1.82) is 0 Å². The topological polar surface area (TPSA) is 69.2 Å². The molecule has 34 heavy (non-hydrogen) atoms. The quantitative estimate of drug-likeness (QED) is 0.348. The van der Waals surface area contributed by atoms with Crippen molar-refractivity contribution in [2.45, 2.75) is 6.18 Å². The number of morpholine rings is 1. The molecule has 7 nitrogen and oxygen atoms in total. The number of hydrogen-bond acceptors (Lipinski definition) is 6. The van der Waals surface area contributed by atoms with Crippen LogP contribution in [0.1, 0.15) is 5.69 Å². The molecule has 0 radical (unpaired) electrons. The molecule has 2 aromatic heterocycles. The van der Waals surface area contributed by atoms with Gasteiger partial charge in [0.1, 0.15) is 5.82 Å². The van der Waals surface area contributed by atoms with Crippen LogP contribution in [0.3, 0.4) is 0 Å². The molecule has 1 saturated heterocycles. The fraction of sp³-hybridized carbons (Fsp3) is 0.261. The Hall–Kier alpha value is -3.18. The van der Waals surface area contributed by atoms with Crippen LogP contribution >= 0.6 is 15.9 Å². The lowest BCUT2D eigenvalue weighted by Gasteiger charge is -2.30. The van der Waals surface area contributed by atoms with Crippen molar-refractivity contribution >= 4 is 21.6 Å². The Morgan fingerprint density at radius 2 is 1.68 bits per heavy atom. The van der Waals surface area contributed by atoms with Crippen LogP contribution in [0.25, 0.3) is 34.2 Å². The summed E-state index contributed by atoms with van der Waals surface area (Å²) in [4.78, 5) is 10.5. The molecule has 176 valence electrons. The van der Waals surface area contributed by atoms with E-state index in [1.807, 2.05) is 18.2 Å². The molecular weight excluding hydrogens is 515 g/mol. The second kappa shape index (κ2) is 8.88. The van der Waals surface area contributed by atoms with Gasteiger partial charge in [0.15, 0.2) is 5.69 Å². The van der Waals surface area contributed by atoms with Crippen LogP contribution in [0.5, 0.6) is 0 Å². The molecule has 11 heteroatoms. The fourth-order valence-electron chi connectivity index (χ4n) is 3.85. The number of alkyl halides is 3. The lowest BCUT2D eigenvalue weighted by atomic mass is 10.1. The summed E-state index contributed by atoms with van der Waals surface area (Å²) in [7, 11) is 1.53. The van der Waals surface area contributed by atoms with Crippen molar-refractivity contribution in [3.05, 3.63) is 58.8 Å². The van der Waals surface area contributed by atoms with Crippen LogP contribution in [0.15, 0.2) is 57.7 Å². The van der Waals surface area contributed by atoms with Gasteiger partial charge in [-0.25, -0.2) is 4.98 Å². The summed E-state index contributed by atoms with van der Waals surface area (Å²) in [5.74, 6) is 0.975. The number of hydrogen-bond donors (Lipinski definition) is 0.